The van der Waals surface area contributed by atoms with E-state index in [9.17, 15) is 5.11 Å². The Bertz CT molecular complexity index is 981. The highest BCUT2D eigenvalue weighted by Gasteiger charge is 2.33. The van der Waals surface area contributed by atoms with E-state index in [0.29, 0.717) is 25.5 Å². The lowest BCUT2D eigenvalue weighted by Gasteiger charge is -2.14. The van der Waals surface area contributed by atoms with E-state index >= 15 is 0 Å². The van der Waals surface area contributed by atoms with Gasteiger partial charge in [-0.1, -0.05) is 31.5 Å². The monoisotopic (exact) mass is 485 g/mol. The number of rotatable bonds is 12. The van der Waals surface area contributed by atoms with Crippen LogP contribution in [0.3, 0.4) is 0 Å². The van der Waals surface area contributed by atoms with Crippen molar-refractivity contribution >= 4 is 60.7 Å². The molecule has 31 heavy (non-hydrogen) atoms. The molecular formula is C22H23N3O2S3Si. The quantitative estimate of drug-likeness (QED) is 0.163. The van der Waals surface area contributed by atoms with Crippen molar-refractivity contribution in [3.8, 4) is 22.6 Å². The van der Waals surface area contributed by atoms with Crippen LogP contribution in [-0.4, -0.2) is 35.8 Å². The predicted molar refractivity (Wildman–Crippen MR) is 138 cm³/mol. The van der Waals surface area contributed by atoms with E-state index in [0.717, 1.165) is 35.3 Å². The molecule has 0 aromatic heterocycles. The molecule has 0 atom stereocenters. The number of hydrogen-bond donors (Lipinski definition) is 1. The van der Waals surface area contributed by atoms with Gasteiger partial charge in [0.25, 0.3) is 0 Å². The molecule has 9 heteroatoms. The first-order valence-electron chi connectivity index (χ1n) is 9.89. The average molecular weight is 486 g/mol. The van der Waals surface area contributed by atoms with Crippen LogP contribution in [0.15, 0.2) is 56.4 Å². The molecule has 0 amide bonds. The third kappa shape index (κ3) is 7.69. The van der Waals surface area contributed by atoms with Gasteiger partial charge in [0, 0.05) is 6.04 Å². The molecule has 0 aliphatic heterocycles. The fourth-order valence-electron chi connectivity index (χ4n) is 3.11. The minimum atomic E-state index is -2.93. The van der Waals surface area contributed by atoms with E-state index in [1.807, 2.05) is 30.3 Å². The molecule has 1 N–H and O–H groups in total. The summed E-state index contributed by atoms with van der Waals surface area (Å²) in [5.74, 6) is 1.06. The van der Waals surface area contributed by atoms with Gasteiger partial charge in [-0.3, -0.25) is 0 Å². The number of aryl methyl sites for hydroxylation is 1. The fourth-order valence-corrected chi connectivity index (χ4v) is 6.00. The molecule has 2 aromatic rings. The number of nitrogens with zero attached hydrogens (tertiary/aromatic N) is 3. The molecule has 160 valence electrons. The maximum absolute atomic E-state index is 10.0. The number of phenols is 1. The second kappa shape index (κ2) is 13.2. The second-order valence-electron chi connectivity index (χ2n) is 6.81. The minimum absolute atomic E-state index is 0.215. The lowest BCUT2D eigenvalue weighted by Crippen LogP contribution is -2.27. The number of unbranched alkanes of at least 4 members (excludes halogenated alkanes) is 1. The van der Waals surface area contributed by atoms with Crippen LogP contribution in [0.1, 0.15) is 31.7 Å². The predicted octanol–water partition coefficient (Wildman–Crippen LogP) is 6.42. The standard InChI is InChI=1S/C22H23N3O2S3Si/c1-2-3-12-27-21-9-6-18(7-10-21)22-11-8-20(26)14-19(22)5-4-13-31(23-15-28,24-16-29)25-17-30/h6-11,14,26H,2-5,12-13H2,1H3. The van der Waals surface area contributed by atoms with E-state index in [2.05, 4.69) is 36.4 Å². The maximum atomic E-state index is 10.0. The summed E-state index contributed by atoms with van der Waals surface area (Å²) < 4.78 is 18.2. The third-order valence-electron chi connectivity index (χ3n) is 4.65. The summed E-state index contributed by atoms with van der Waals surface area (Å²) in [6, 6.07) is 13.9. The number of benzene rings is 2. The van der Waals surface area contributed by atoms with Crippen LogP contribution < -0.4 is 4.74 Å². The summed E-state index contributed by atoms with van der Waals surface area (Å²) in [7, 11) is -2.93. The smallest absolute Gasteiger partial charge is 0.461 e. The first kappa shape index (κ1) is 24.9. The second-order valence-corrected chi connectivity index (χ2v) is 10.1. The van der Waals surface area contributed by atoms with E-state index in [1.165, 1.54) is 0 Å². The highest BCUT2D eigenvalue weighted by atomic mass is 32.1. The van der Waals surface area contributed by atoms with Gasteiger partial charge in [0.05, 0.1) is 22.1 Å². The summed E-state index contributed by atoms with van der Waals surface area (Å²) in [5.41, 5.74) is 3.10. The number of phenolic OH excluding ortho intramolecular Hbond substituents is 1. The van der Waals surface area contributed by atoms with Gasteiger partial charge in [-0.15, -0.1) is 0 Å². The fraction of sp³-hybridized carbons (Fsp3) is 0.318. The zero-order valence-electron chi connectivity index (χ0n) is 17.2. The highest BCUT2D eigenvalue weighted by Crippen LogP contribution is 2.30. The van der Waals surface area contributed by atoms with Crippen LogP contribution in [0.5, 0.6) is 11.5 Å². The van der Waals surface area contributed by atoms with Crippen LogP contribution >= 0.6 is 36.7 Å². The Hall–Kier alpha value is -2.34. The van der Waals surface area contributed by atoms with Crippen molar-refractivity contribution in [2.24, 2.45) is 14.0 Å². The normalized spacial score (nSPS) is 11.9. The average Bonchev–Trinajstić information content (AvgIpc) is 2.75. The molecule has 0 aliphatic carbocycles. The summed E-state index contributed by atoms with van der Waals surface area (Å²) >= 11 is 14.2. The van der Waals surface area contributed by atoms with E-state index in [-0.39, 0.29) is 5.75 Å². The van der Waals surface area contributed by atoms with Gasteiger partial charge in [0.1, 0.15) is 11.5 Å². The lowest BCUT2D eigenvalue weighted by molar-refractivity contribution is 0.309. The van der Waals surface area contributed by atoms with Crippen LogP contribution in [0, 0.1) is 0 Å². The molecular weight excluding hydrogens is 463 g/mol. The number of thiocarbonyl (C=S) groups is 3. The molecule has 2 aromatic carbocycles. The Morgan fingerprint density at radius 1 is 0.935 bits per heavy atom. The lowest BCUT2D eigenvalue weighted by atomic mass is 9.96. The van der Waals surface area contributed by atoms with E-state index in [1.54, 1.807) is 12.1 Å². The van der Waals surface area contributed by atoms with E-state index < -0.39 is 8.56 Å². The van der Waals surface area contributed by atoms with Crippen molar-refractivity contribution in [1.82, 2.24) is 0 Å². The molecule has 0 fully saturated rings. The first-order valence-corrected chi connectivity index (χ1v) is 13.2. The van der Waals surface area contributed by atoms with Crippen molar-refractivity contribution in [2.75, 3.05) is 6.61 Å². The topological polar surface area (TPSA) is 66.5 Å². The SMILES string of the molecule is CCCCOc1ccc(-c2ccc(O)cc2CCC[Si](N=C=S)(N=C=S)N=C=S)cc1. The molecule has 0 bridgehead atoms. The Kier molecular flexibility index (Phi) is 10.6. The van der Waals surface area contributed by atoms with Crippen molar-refractivity contribution in [3.63, 3.8) is 0 Å². The van der Waals surface area contributed by atoms with Gasteiger partial charge in [0.15, 0.2) is 0 Å². The van der Waals surface area contributed by atoms with Gasteiger partial charge >= 0.3 is 8.56 Å². The number of ether oxygens (including phenoxy) is 1. The Labute approximate surface area is 199 Å². The Morgan fingerprint density at radius 3 is 2.16 bits per heavy atom. The first-order chi connectivity index (χ1) is 15.1. The zero-order chi connectivity index (χ0) is 22.5. The molecule has 0 saturated carbocycles. The Morgan fingerprint density at radius 2 is 1.58 bits per heavy atom. The maximum Gasteiger partial charge on any atom is 0.461 e. The van der Waals surface area contributed by atoms with Gasteiger partial charge in [-0.2, -0.15) is 0 Å². The van der Waals surface area contributed by atoms with Crippen molar-refractivity contribution < 1.29 is 9.84 Å². The van der Waals surface area contributed by atoms with Crippen LogP contribution in [-0.2, 0) is 6.42 Å². The van der Waals surface area contributed by atoms with Crippen LogP contribution in [0.2, 0.25) is 6.04 Å². The van der Waals surface area contributed by atoms with Gasteiger partial charge in [-0.05, 0) is 96.9 Å². The van der Waals surface area contributed by atoms with Crippen molar-refractivity contribution in [1.29, 1.82) is 0 Å². The number of aromatic hydroxyl groups is 1. The van der Waals surface area contributed by atoms with Crippen LogP contribution in [0.25, 0.3) is 11.1 Å². The molecule has 0 spiro atoms. The molecule has 0 unspecified atom stereocenters. The van der Waals surface area contributed by atoms with Crippen molar-refractivity contribution in [3.05, 3.63) is 48.0 Å². The summed E-state index contributed by atoms with van der Waals surface area (Å²) in [4.78, 5) is 0. The summed E-state index contributed by atoms with van der Waals surface area (Å²) in [6.45, 7) is 2.85. The Balaban J connectivity index is 2.21. The zero-order valence-corrected chi connectivity index (χ0v) is 20.7. The summed E-state index contributed by atoms with van der Waals surface area (Å²) in [6.07, 6.45) is 3.51. The third-order valence-corrected chi connectivity index (χ3v) is 7.85. The number of isothiocyanates is 3. The largest absolute Gasteiger partial charge is 0.508 e. The highest BCUT2D eigenvalue weighted by molar-refractivity contribution is 7.78. The van der Waals surface area contributed by atoms with Crippen LogP contribution in [0.4, 0.5) is 0 Å². The molecule has 0 heterocycles. The molecule has 0 radical (unpaired) electrons. The molecule has 0 aliphatic rings. The van der Waals surface area contributed by atoms with Gasteiger partial charge < -0.3 is 9.84 Å². The molecule has 5 nitrogen and oxygen atoms in total. The van der Waals surface area contributed by atoms with Gasteiger partial charge in [-0.25, -0.2) is 14.0 Å². The summed E-state index contributed by atoms with van der Waals surface area (Å²) in [5, 5.41) is 17.1. The minimum Gasteiger partial charge on any atom is -0.508 e. The van der Waals surface area contributed by atoms with Gasteiger partial charge in [0.2, 0.25) is 0 Å². The van der Waals surface area contributed by atoms with E-state index in [4.69, 9.17) is 41.4 Å². The molecule has 0 saturated heterocycles. The number of hydrogen-bond acceptors (Lipinski definition) is 8. The van der Waals surface area contributed by atoms with Crippen molar-refractivity contribution in [2.45, 2.75) is 38.7 Å². The molecule has 2 rings (SSSR count).